The lowest BCUT2D eigenvalue weighted by Crippen LogP contribution is -2.44. The smallest absolute Gasteiger partial charge is 0.408 e. The molecule has 1 amide bonds. The minimum Gasteiger partial charge on any atom is -0.508 e. The molecule has 182 valence electrons. The van der Waals surface area contributed by atoms with Crippen LogP contribution in [0.15, 0.2) is 115 Å². The van der Waals surface area contributed by atoms with Crippen molar-refractivity contribution >= 4 is 12.1 Å². The van der Waals surface area contributed by atoms with Crippen LogP contribution in [0.4, 0.5) is 4.79 Å². The van der Waals surface area contributed by atoms with E-state index in [1.54, 1.807) is 12.1 Å². The van der Waals surface area contributed by atoms with E-state index >= 15 is 0 Å². The van der Waals surface area contributed by atoms with E-state index in [1.165, 1.54) is 12.1 Å². The summed E-state index contributed by atoms with van der Waals surface area (Å²) >= 11 is 0. The van der Waals surface area contributed by atoms with Crippen molar-refractivity contribution < 1.29 is 24.2 Å². The molecule has 0 saturated carbocycles. The maximum absolute atomic E-state index is 13.4. The quantitative estimate of drug-likeness (QED) is 0.306. The van der Waals surface area contributed by atoms with Gasteiger partial charge in [0, 0.05) is 6.42 Å². The minimum atomic E-state index is -1.01. The lowest BCUT2D eigenvalue weighted by atomic mass is 10.0. The molecule has 0 aliphatic carbocycles. The SMILES string of the molecule is O=C(N[C@@H](Cc1ccc(O)cc1)C(=O)OC(c1ccccc1)c1ccccc1)OCc1ccccc1. The molecule has 0 aromatic heterocycles. The van der Waals surface area contributed by atoms with E-state index in [-0.39, 0.29) is 18.8 Å². The van der Waals surface area contributed by atoms with Gasteiger partial charge < -0.3 is 19.9 Å². The van der Waals surface area contributed by atoms with Crippen LogP contribution in [0.2, 0.25) is 0 Å². The summed E-state index contributed by atoms with van der Waals surface area (Å²) in [5.41, 5.74) is 3.20. The molecule has 4 aromatic rings. The fourth-order valence-corrected chi connectivity index (χ4v) is 3.75. The molecule has 0 heterocycles. The highest BCUT2D eigenvalue weighted by Crippen LogP contribution is 2.26. The molecule has 0 aliphatic rings. The van der Waals surface area contributed by atoms with Crippen molar-refractivity contribution in [2.45, 2.75) is 25.2 Å². The molecule has 36 heavy (non-hydrogen) atoms. The summed E-state index contributed by atoms with van der Waals surface area (Å²) in [4.78, 5) is 26.1. The average Bonchev–Trinajstić information content (AvgIpc) is 2.93. The van der Waals surface area contributed by atoms with Gasteiger partial charge in [-0.25, -0.2) is 9.59 Å². The first-order valence-corrected chi connectivity index (χ1v) is 11.6. The van der Waals surface area contributed by atoms with Gasteiger partial charge in [-0.15, -0.1) is 0 Å². The molecule has 0 saturated heterocycles. The van der Waals surface area contributed by atoms with E-state index < -0.39 is 24.2 Å². The highest BCUT2D eigenvalue weighted by atomic mass is 16.6. The summed E-state index contributed by atoms with van der Waals surface area (Å²) in [6, 6.07) is 33.6. The van der Waals surface area contributed by atoms with Crippen LogP contribution in [0.3, 0.4) is 0 Å². The van der Waals surface area contributed by atoms with E-state index in [0.717, 1.165) is 22.3 Å². The normalized spacial score (nSPS) is 11.5. The third-order valence-corrected chi connectivity index (χ3v) is 5.60. The summed E-state index contributed by atoms with van der Waals surface area (Å²) < 4.78 is 11.3. The summed E-state index contributed by atoms with van der Waals surface area (Å²) in [5, 5.41) is 12.3. The van der Waals surface area contributed by atoms with Crippen molar-refractivity contribution in [1.82, 2.24) is 5.32 Å². The Labute approximate surface area is 210 Å². The molecule has 0 fully saturated rings. The van der Waals surface area contributed by atoms with Gasteiger partial charge in [0.2, 0.25) is 0 Å². The Bertz CT molecular complexity index is 1210. The van der Waals surface area contributed by atoms with E-state index in [2.05, 4.69) is 5.32 Å². The fraction of sp³-hybridized carbons (Fsp3) is 0.133. The van der Waals surface area contributed by atoms with E-state index in [9.17, 15) is 14.7 Å². The van der Waals surface area contributed by atoms with Gasteiger partial charge in [0.15, 0.2) is 6.10 Å². The zero-order chi connectivity index (χ0) is 25.2. The monoisotopic (exact) mass is 481 g/mol. The van der Waals surface area contributed by atoms with Gasteiger partial charge >= 0.3 is 12.1 Å². The van der Waals surface area contributed by atoms with Crippen LogP contribution in [0.5, 0.6) is 5.75 Å². The second kappa shape index (κ2) is 12.2. The van der Waals surface area contributed by atoms with Crippen molar-refractivity contribution in [3.05, 3.63) is 138 Å². The van der Waals surface area contributed by atoms with Gasteiger partial charge in [0.25, 0.3) is 0 Å². The molecule has 0 bridgehead atoms. The number of rotatable bonds is 9. The fourth-order valence-electron chi connectivity index (χ4n) is 3.75. The standard InChI is InChI=1S/C30H27NO5/c32-26-18-16-22(17-19-26)20-27(31-30(34)35-21-23-10-4-1-5-11-23)29(33)36-28(24-12-6-2-7-13-24)25-14-8-3-9-15-25/h1-19,27-28,32H,20-21H2,(H,31,34)/t27-/m0/s1. The predicted octanol–water partition coefficient (Wildman–Crippen LogP) is 5.56. The van der Waals surface area contributed by atoms with E-state index in [4.69, 9.17) is 9.47 Å². The highest BCUT2D eigenvalue weighted by molar-refractivity contribution is 5.82. The van der Waals surface area contributed by atoms with Crippen LogP contribution in [0.25, 0.3) is 0 Å². The molecular formula is C30H27NO5. The van der Waals surface area contributed by atoms with Gasteiger partial charge in [-0.2, -0.15) is 0 Å². The first-order chi connectivity index (χ1) is 17.6. The topological polar surface area (TPSA) is 84.9 Å². The molecular weight excluding hydrogens is 454 g/mol. The maximum Gasteiger partial charge on any atom is 0.408 e. The summed E-state index contributed by atoms with van der Waals surface area (Å²) in [7, 11) is 0. The molecule has 6 heteroatoms. The molecule has 1 atom stereocenters. The second-order valence-electron chi connectivity index (χ2n) is 8.27. The Morgan fingerprint density at radius 2 is 1.22 bits per heavy atom. The number of hydrogen-bond donors (Lipinski definition) is 2. The maximum atomic E-state index is 13.4. The lowest BCUT2D eigenvalue weighted by molar-refractivity contribution is -0.150. The number of hydrogen-bond acceptors (Lipinski definition) is 5. The number of nitrogens with one attached hydrogen (secondary N) is 1. The summed E-state index contributed by atoms with van der Waals surface area (Å²) in [6.07, 6.45) is -1.21. The number of phenols is 1. The first kappa shape index (κ1) is 24.5. The zero-order valence-electron chi connectivity index (χ0n) is 19.6. The lowest BCUT2D eigenvalue weighted by Gasteiger charge is -2.23. The Morgan fingerprint density at radius 1 is 0.694 bits per heavy atom. The molecule has 0 aliphatic heterocycles. The zero-order valence-corrected chi connectivity index (χ0v) is 19.6. The van der Waals surface area contributed by atoms with Crippen molar-refractivity contribution in [3.8, 4) is 5.75 Å². The summed E-state index contributed by atoms with van der Waals surface area (Å²) in [5.74, 6) is -0.487. The number of ether oxygens (including phenoxy) is 2. The number of phenolic OH excluding ortho intramolecular Hbond substituents is 1. The van der Waals surface area contributed by atoms with E-state index in [1.807, 2.05) is 91.0 Å². The third-order valence-electron chi connectivity index (χ3n) is 5.60. The van der Waals surface area contributed by atoms with E-state index in [0.29, 0.717) is 0 Å². The Morgan fingerprint density at radius 3 is 1.78 bits per heavy atom. The molecule has 0 unspecified atom stereocenters. The van der Waals surface area contributed by atoms with Crippen molar-refractivity contribution in [2.24, 2.45) is 0 Å². The predicted molar refractivity (Wildman–Crippen MR) is 136 cm³/mol. The van der Waals surface area contributed by atoms with Crippen LogP contribution in [-0.2, 0) is 27.3 Å². The Balaban J connectivity index is 1.53. The molecule has 0 radical (unpaired) electrons. The molecule has 4 aromatic carbocycles. The number of benzene rings is 4. The number of carbonyl (C=O) groups excluding carboxylic acids is 2. The number of esters is 1. The van der Waals surface area contributed by atoms with Crippen LogP contribution < -0.4 is 5.32 Å². The van der Waals surface area contributed by atoms with Crippen LogP contribution in [0, 0.1) is 0 Å². The molecule has 0 spiro atoms. The Kier molecular flexibility index (Phi) is 8.33. The third kappa shape index (κ3) is 6.96. The van der Waals surface area contributed by atoms with Gasteiger partial charge in [-0.05, 0) is 34.4 Å². The number of amides is 1. The molecule has 2 N–H and O–H groups in total. The van der Waals surface area contributed by atoms with Crippen molar-refractivity contribution in [3.63, 3.8) is 0 Å². The Hall–Kier alpha value is -4.58. The molecule has 6 nitrogen and oxygen atoms in total. The van der Waals surface area contributed by atoms with Gasteiger partial charge in [0.1, 0.15) is 18.4 Å². The molecule has 4 rings (SSSR count). The highest BCUT2D eigenvalue weighted by Gasteiger charge is 2.28. The number of carbonyl (C=O) groups is 2. The minimum absolute atomic E-state index is 0.0737. The van der Waals surface area contributed by atoms with Crippen molar-refractivity contribution in [2.75, 3.05) is 0 Å². The van der Waals surface area contributed by atoms with Crippen LogP contribution >= 0.6 is 0 Å². The second-order valence-corrected chi connectivity index (χ2v) is 8.27. The average molecular weight is 482 g/mol. The summed E-state index contributed by atoms with van der Waals surface area (Å²) in [6.45, 7) is 0.0737. The van der Waals surface area contributed by atoms with Crippen LogP contribution in [0.1, 0.15) is 28.4 Å². The van der Waals surface area contributed by atoms with Gasteiger partial charge in [-0.1, -0.05) is 103 Å². The number of alkyl carbamates (subject to hydrolysis) is 1. The first-order valence-electron chi connectivity index (χ1n) is 11.6. The van der Waals surface area contributed by atoms with Gasteiger partial charge in [0.05, 0.1) is 0 Å². The van der Waals surface area contributed by atoms with Gasteiger partial charge in [-0.3, -0.25) is 0 Å². The number of aromatic hydroxyl groups is 1. The van der Waals surface area contributed by atoms with Crippen molar-refractivity contribution in [1.29, 1.82) is 0 Å². The largest absolute Gasteiger partial charge is 0.508 e. The van der Waals surface area contributed by atoms with Crippen LogP contribution in [-0.4, -0.2) is 23.2 Å².